The molecule has 3 rings (SSSR count). The first-order valence-corrected chi connectivity index (χ1v) is 6.83. The minimum absolute atomic E-state index is 0.146. The Bertz CT molecular complexity index is 326. The minimum atomic E-state index is 0.146. The molecule has 3 fully saturated rings. The van der Waals surface area contributed by atoms with E-state index in [0.717, 1.165) is 6.42 Å². The van der Waals surface area contributed by atoms with Crippen LogP contribution in [0.1, 0.15) is 65.2 Å². The summed E-state index contributed by atoms with van der Waals surface area (Å²) in [6, 6.07) is 0. The minimum Gasteiger partial charge on any atom is -0.350 e. The molecule has 0 aromatic heterocycles. The van der Waals surface area contributed by atoms with Crippen LogP contribution in [0.15, 0.2) is 0 Å². The van der Waals surface area contributed by atoms with Crippen molar-refractivity contribution in [3.8, 4) is 0 Å². The van der Waals surface area contributed by atoms with E-state index in [2.05, 4.69) is 19.2 Å². The van der Waals surface area contributed by atoms with Gasteiger partial charge in [0.2, 0.25) is 5.91 Å². The van der Waals surface area contributed by atoms with E-state index in [9.17, 15) is 4.79 Å². The molecular formula is C14H23NO. The van der Waals surface area contributed by atoms with Crippen LogP contribution in [0.5, 0.6) is 0 Å². The predicted octanol–water partition coefficient (Wildman–Crippen LogP) is 3.02. The molecule has 0 aromatic rings. The van der Waals surface area contributed by atoms with Gasteiger partial charge >= 0.3 is 0 Å². The number of carbonyl (C=O) groups is 1. The quantitative estimate of drug-likeness (QED) is 0.724. The Morgan fingerprint density at radius 1 is 1.00 bits per heavy atom. The first-order valence-electron chi connectivity index (χ1n) is 6.83. The molecule has 0 aromatic carbocycles. The van der Waals surface area contributed by atoms with Crippen molar-refractivity contribution in [3.63, 3.8) is 0 Å². The fourth-order valence-electron chi connectivity index (χ4n) is 4.30. The molecule has 90 valence electrons. The number of carbonyl (C=O) groups excluding carboxylic acids is 1. The van der Waals surface area contributed by atoms with E-state index in [1.807, 2.05) is 0 Å². The van der Waals surface area contributed by atoms with Crippen molar-refractivity contribution in [1.82, 2.24) is 5.32 Å². The van der Waals surface area contributed by atoms with Crippen LogP contribution in [0.25, 0.3) is 0 Å². The van der Waals surface area contributed by atoms with Gasteiger partial charge in [-0.2, -0.15) is 0 Å². The van der Waals surface area contributed by atoms with E-state index in [0.29, 0.717) is 11.3 Å². The SMILES string of the molecule is CC1(C2(C)CC(=O)NC23CCCCC3)CC1. The summed E-state index contributed by atoms with van der Waals surface area (Å²) in [6.45, 7) is 4.77. The van der Waals surface area contributed by atoms with Crippen molar-refractivity contribution in [2.24, 2.45) is 10.8 Å². The summed E-state index contributed by atoms with van der Waals surface area (Å²) in [6.07, 6.45) is 9.78. The fraction of sp³-hybridized carbons (Fsp3) is 0.929. The van der Waals surface area contributed by atoms with Crippen LogP contribution in [-0.2, 0) is 4.79 Å². The van der Waals surface area contributed by atoms with E-state index >= 15 is 0 Å². The Balaban J connectivity index is 1.98. The lowest BCUT2D eigenvalue weighted by Gasteiger charge is -2.49. The third-order valence-electron chi connectivity index (χ3n) is 5.99. The predicted molar refractivity (Wildman–Crippen MR) is 64.0 cm³/mol. The van der Waals surface area contributed by atoms with E-state index in [-0.39, 0.29) is 11.0 Å². The van der Waals surface area contributed by atoms with E-state index in [1.165, 1.54) is 44.9 Å². The Hall–Kier alpha value is -0.530. The molecule has 3 aliphatic rings. The van der Waals surface area contributed by atoms with Crippen molar-refractivity contribution in [2.45, 2.75) is 70.8 Å². The number of amides is 1. The van der Waals surface area contributed by atoms with Crippen molar-refractivity contribution in [1.29, 1.82) is 0 Å². The van der Waals surface area contributed by atoms with Crippen LogP contribution in [0.4, 0.5) is 0 Å². The van der Waals surface area contributed by atoms with Gasteiger partial charge in [0.15, 0.2) is 0 Å². The smallest absolute Gasteiger partial charge is 0.221 e. The number of hydrogen-bond donors (Lipinski definition) is 1. The molecule has 1 saturated heterocycles. The monoisotopic (exact) mass is 221 g/mol. The van der Waals surface area contributed by atoms with Gasteiger partial charge in [-0.1, -0.05) is 33.1 Å². The normalized spacial score (nSPS) is 39.8. The fourth-order valence-corrected chi connectivity index (χ4v) is 4.30. The standard InChI is InChI=1S/C14H23NO/c1-12(8-9-12)13(2)10-11(16)15-14(13)6-4-3-5-7-14/h3-10H2,1-2H3,(H,15,16). The lowest BCUT2D eigenvalue weighted by atomic mass is 9.58. The molecule has 2 heteroatoms. The number of hydrogen-bond acceptors (Lipinski definition) is 1. The summed E-state index contributed by atoms with van der Waals surface area (Å²) in [5, 5.41) is 3.37. The van der Waals surface area contributed by atoms with Crippen molar-refractivity contribution in [3.05, 3.63) is 0 Å². The molecule has 1 N–H and O–H groups in total. The lowest BCUT2D eigenvalue weighted by Crippen LogP contribution is -2.55. The molecule has 1 heterocycles. The summed E-state index contributed by atoms with van der Waals surface area (Å²) in [5.41, 5.74) is 0.800. The number of rotatable bonds is 1. The van der Waals surface area contributed by atoms with Crippen LogP contribution in [-0.4, -0.2) is 11.4 Å². The Labute approximate surface area is 98.2 Å². The Morgan fingerprint density at radius 2 is 1.62 bits per heavy atom. The average Bonchev–Trinajstić information content (AvgIpc) is 2.93. The van der Waals surface area contributed by atoms with Crippen molar-refractivity contribution in [2.75, 3.05) is 0 Å². The van der Waals surface area contributed by atoms with Gasteiger partial charge in [0.25, 0.3) is 0 Å². The van der Waals surface area contributed by atoms with Crippen LogP contribution >= 0.6 is 0 Å². The molecule has 1 unspecified atom stereocenters. The highest BCUT2D eigenvalue weighted by molar-refractivity contribution is 5.81. The third kappa shape index (κ3) is 1.16. The molecule has 1 amide bonds. The van der Waals surface area contributed by atoms with E-state index in [1.54, 1.807) is 0 Å². The first kappa shape index (κ1) is 10.6. The summed E-state index contributed by atoms with van der Waals surface area (Å²) in [7, 11) is 0. The second kappa shape index (κ2) is 3.02. The molecule has 1 atom stereocenters. The largest absolute Gasteiger partial charge is 0.350 e. The average molecular weight is 221 g/mol. The van der Waals surface area contributed by atoms with Crippen LogP contribution in [0.3, 0.4) is 0 Å². The highest BCUT2D eigenvalue weighted by Gasteiger charge is 2.66. The molecule has 1 aliphatic heterocycles. The maximum Gasteiger partial charge on any atom is 0.221 e. The first-order chi connectivity index (χ1) is 7.52. The summed E-state index contributed by atoms with van der Waals surface area (Å²) >= 11 is 0. The highest BCUT2D eigenvalue weighted by atomic mass is 16.2. The zero-order valence-electron chi connectivity index (χ0n) is 10.6. The highest BCUT2D eigenvalue weighted by Crippen LogP contribution is 2.67. The van der Waals surface area contributed by atoms with Gasteiger partial charge in [-0.15, -0.1) is 0 Å². The molecule has 0 bridgehead atoms. The Morgan fingerprint density at radius 3 is 2.19 bits per heavy atom. The van der Waals surface area contributed by atoms with Crippen LogP contribution in [0.2, 0.25) is 0 Å². The topological polar surface area (TPSA) is 29.1 Å². The maximum atomic E-state index is 11.9. The Kier molecular flexibility index (Phi) is 2.01. The summed E-state index contributed by atoms with van der Waals surface area (Å²) in [4.78, 5) is 11.9. The van der Waals surface area contributed by atoms with Gasteiger partial charge in [-0.3, -0.25) is 4.79 Å². The molecule has 2 nitrogen and oxygen atoms in total. The van der Waals surface area contributed by atoms with Gasteiger partial charge in [-0.05, 0) is 31.1 Å². The summed E-state index contributed by atoms with van der Waals surface area (Å²) < 4.78 is 0. The third-order valence-corrected chi connectivity index (χ3v) is 5.99. The van der Waals surface area contributed by atoms with Gasteiger partial charge in [0.05, 0.1) is 0 Å². The molecular weight excluding hydrogens is 198 g/mol. The van der Waals surface area contributed by atoms with Crippen LogP contribution < -0.4 is 5.32 Å². The molecule has 1 spiro atoms. The van der Waals surface area contributed by atoms with Gasteiger partial charge in [-0.25, -0.2) is 0 Å². The molecule has 16 heavy (non-hydrogen) atoms. The summed E-state index contributed by atoms with van der Waals surface area (Å²) in [5.74, 6) is 0.303. The molecule has 2 aliphatic carbocycles. The zero-order chi connectivity index (χ0) is 11.4. The number of nitrogens with one attached hydrogen (secondary N) is 1. The van der Waals surface area contributed by atoms with E-state index < -0.39 is 0 Å². The van der Waals surface area contributed by atoms with Crippen molar-refractivity contribution >= 4 is 5.91 Å². The van der Waals surface area contributed by atoms with E-state index in [4.69, 9.17) is 0 Å². The molecule has 0 radical (unpaired) electrons. The molecule has 2 saturated carbocycles. The van der Waals surface area contributed by atoms with Crippen molar-refractivity contribution < 1.29 is 4.79 Å². The second-order valence-corrected chi connectivity index (χ2v) is 6.76. The van der Waals surface area contributed by atoms with Gasteiger partial charge in [0, 0.05) is 17.4 Å². The van der Waals surface area contributed by atoms with Gasteiger partial charge < -0.3 is 5.32 Å². The van der Waals surface area contributed by atoms with Crippen LogP contribution in [0, 0.1) is 10.8 Å². The zero-order valence-corrected chi connectivity index (χ0v) is 10.6. The lowest BCUT2D eigenvalue weighted by molar-refractivity contribution is -0.120. The van der Waals surface area contributed by atoms with Gasteiger partial charge in [0.1, 0.15) is 0 Å². The maximum absolute atomic E-state index is 11.9. The second-order valence-electron chi connectivity index (χ2n) is 6.76.